The van der Waals surface area contributed by atoms with Crippen molar-refractivity contribution in [2.75, 3.05) is 0 Å². The Hall–Kier alpha value is -2.03. The third-order valence-corrected chi connectivity index (χ3v) is 2.42. The van der Waals surface area contributed by atoms with Gasteiger partial charge in [-0.3, -0.25) is 0 Å². The predicted molar refractivity (Wildman–Crippen MR) is 58.5 cm³/mol. The van der Waals surface area contributed by atoms with Gasteiger partial charge in [0.25, 0.3) is 0 Å². The molecule has 3 heteroatoms. The highest BCUT2D eigenvalue weighted by molar-refractivity contribution is 5.83. The third kappa shape index (κ3) is 1.32. The van der Waals surface area contributed by atoms with Gasteiger partial charge in [-0.15, -0.1) is 0 Å². The van der Waals surface area contributed by atoms with Gasteiger partial charge in [-0.1, -0.05) is 6.07 Å². The molecule has 3 aromatic rings. The maximum atomic E-state index is 5.47. The van der Waals surface area contributed by atoms with E-state index >= 15 is 0 Å². The highest BCUT2D eigenvalue weighted by atomic mass is 16.4. The molecule has 2 aromatic heterocycles. The number of aromatic nitrogens is 2. The van der Waals surface area contributed by atoms with E-state index in [0.717, 1.165) is 16.8 Å². The van der Waals surface area contributed by atoms with Crippen molar-refractivity contribution in [3.63, 3.8) is 0 Å². The van der Waals surface area contributed by atoms with Gasteiger partial charge < -0.3 is 9.40 Å². The zero-order chi connectivity index (χ0) is 10.3. The molecule has 0 radical (unpaired) electrons. The van der Waals surface area contributed by atoms with Crippen molar-refractivity contribution in [3.8, 4) is 11.5 Å². The van der Waals surface area contributed by atoms with Crippen molar-refractivity contribution >= 4 is 10.9 Å². The molecule has 0 amide bonds. The highest BCUT2D eigenvalue weighted by Gasteiger charge is 2.05. The molecule has 0 saturated heterocycles. The van der Waals surface area contributed by atoms with Gasteiger partial charge in [0, 0.05) is 17.3 Å². The van der Waals surface area contributed by atoms with Crippen molar-refractivity contribution < 1.29 is 4.42 Å². The van der Waals surface area contributed by atoms with E-state index in [1.807, 2.05) is 31.3 Å². The summed E-state index contributed by atoms with van der Waals surface area (Å²) in [6.07, 6.45) is 3.66. The second-order valence-electron chi connectivity index (χ2n) is 3.56. The first kappa shape index (κ1) is 8.29. The van der Waals surface area contributed by atoms with Gasteiger partial charge in [0.15, 0.2) is 0 Å². The van der Waals surface area contributed by atoms with Gasteiger partial charge in [-0.25, -0.2) is 4.98 Å². The Morgan fingerprint density at radius 1 is 1.27 bits per heavy atom. The zero-order valence-electron chi connectivity index (χ0n) is 8.32. The molecule has 0 saturated carbocycles. The van der Waals surface area contributed by atoms with Gasteiger partial charge in [-0.05, 0) is 30.5 Å². The van der Waals surface area contributed by atoms with Crippen LogP contribution in [0.25, 0.3) is 22.4 Å². The van der Waals surface area contributed by atoms with Crippen LogP contribution in [0.2, 0.25) is 0 Å². The summed E-state index contributed by atoms with van der Waals surface area (Å²) in [7, 11) is 0. The Kier molecular flexibility index (Phi) is 1.65. The van der Waals surface area contributed by atoms with Crippen LogP contribution in [0.3, 0.4) is 0 Å². The molecule has 2 heterocycles. The number of oxazole rings is 1. The number of nitrogens with zero attached hydrogens (tertiary/aromatic N) is 1. The first-order valence-electron chi connectivity index (χ1n) is 4.83. The van der Waals surface area contributed by atoms with Crippen molar-refractivity contribution in [1.29, 1.82) is 0 Å². The van der Waals surface area contributed by atoms with Gasteiger partial charge in [0.2, 0.25) is 5.89 Å². The smallest absolute Gasteiger partial charge is 0.226 e. The largest absolute Gasteiger partial charge is 0.441 e. The molecule has 15 heavy (non-hydrogen) atoms. The van der Waals surface area contributed by atoms with E-state index in [9.17, 15) is 0 Å². The van der Waals surface area contributed by atoms with Crippen LogP contribution in [0.5, 0.6) is 0 Å². The Balaban J connectivity index is 2.18. The number of H-pyrrole nitrogens is 1. The van der Waals surface area contributed by atoms with Gasteiger partial charge in [0.1, 0.15) is 5.76 Å². The summed E-state index contributed by atoms with van der Waals surface area (Å²) >= 11 is 0. The molecule has 0 aliphatic carbocycles. The maximum Gasteiger partial charge on any atom is 0.226 e. The van der Waals surface area contributed by atoms with Gasteiger partial charge >= 0.3 is 0 Å². The normalized spacial score (nSPS) is 11.0. The number of rotatable bonds is 1. The Bertz CT molecular complexity index is 607. The summed E-state index contributed by atoms with van der Waals surface area (Å²) in [4.78, 5) is 7.36. The van der Waals surface area contributed by atoms with E-state index in [1.165, 1.54) is 5.39 Å². The Morgan fingerprint density at radius 2 is 2.20 bits per heavy atom. The van der Waals surface area contributed by atoms with Crippen LogP contribution >= 0.6 is 0 Å². The number of hydrogen-bond donors (Lipinski definition) is 1. The van der Waals surface area contributed by atoms with Gasteiger partial charge in [-0.2, -0.15) is 0 Å². The van der Waals surface area contributed by atoms with Crippen LogP contribution in [0.15, 0.2) is 41.1 Å². The van der Waals surface area contributed by atoms with Crippen molar-refractivity contribution in [2.24, 2.45) is 0 Å². The zero-order valence-corrected chi connectivity index (χ0v) is 8.32. The molecule has 0 fully saturated rings. The Morgan fingerprint density at radius 3 is 3.00 bits per heavy atom. The lowest BCUT2D eigenvalue weighted by Crippen LogP contribution is -1.76. The molecular weight excluding hydrogens is 188 g/mol. The summed E-state index contributed by atoms with van der Waals surface area (Å²) in [5.41, 5.74) is 2.10. The summed E-state index contributed by atoms with van der Waals surface area (Å²) in [6.45, 7) is 1.89. The van der Waals surface area contributed by atoms with E-state index < -0.39 is 0 Å². The highest BCUT2D eigenvalue weighted by Crippen LogP contribution is 2.23. The minimum absolute atomic E-state index is 0.670. The van der Waals surface area contributed by atoms with Crippen molar-refractivity contribution in [3.05, 3.63) is 42.4 Å². The molecule has 0 spiro atoms. The molecule has 0 aliphatic heterocycles. The van der Waals surface area contributed by atoms with Crippen LogP contribution < -0.4 is 0 Å². The molecule has 3 nitrogen and oxygen atoms in total. The number of nitrogens with one attached hydrogen (secondary N) is 1. The topological polar surface area (TPSA) is 41.8 Å². The SMILES string of the molecule is Cc1cnc(-c2ccc3cc[nH]c3c2)o1. The molecule has 0 unspecified atom stereocenters. The van der Waals surface area contributed by atoms with Crippen LogP contribution in [0.1, 0.15) is 5.76 Å². The second kappa shape index (κ2) is 2.98. The molecule has 3 rings (SSSR count). The van der Waals surface area contributed by atoms with Gasteiger partial charge in [0.05, 0.1) is 6.20 Å². The average Bonchev–Trinajstić information content (AvgIpc) is 2.84. The molecule has 1 N–H and O–H groups in total. The van der Waals surface area contributed by atoms with E-state index in [4.69, 9.17) is 4.42 Å². The lowest BCUT2D eigenvalue weighted by molar-refractivity contribution is 0.542. The lowest BCUT2D eigenvalue weighted by atomic mass is 10.2. The molecule has 0 bridgehead atoms. The second-order valence-corrected chi connectivity index (χ2v) is 3.56. The van der Waals surface area contributed by atoms with Crippen molar-refractivity contribution in [2.45, 2.75) is 6.92 Å². The first-order chi connectivity index (χ1) is 7.33. The fraction of sp³-hybridized carbons (Fsp3) is 0.0833. The van der Waals surface area contributed by atoms with Crippen LogP contribution in [0.4, 0.5) is 0 Å². The van der Waals surface area contributed by atoms with Crippen LogP contribution in [0, 0.1) is 6.92 Å². The van der Waals surface area contributed by atoms with Crippen LogP contribution in [-0.2, 0) is 0 Å². The first-order valence-corrected chi connectivity index (χ1v) is 4.83. The van der Waals surface area contributed by atoms with E-state index in [-0.39, 0.29) is 0 Å². The van der Waals surface area contributed by atoms with E-state index in [1.54, 1.807) is 6.20 Å². The lowest BCUT2D eigenvalue weighted by Gasteiger charge is -1.95. The standard InChI is InChI=1S/C12H10N2O/c1-8-7-14-12(15-8)10-3-2-9-4-5-13-11(9)6-10/h2-7,13H,1H3. The Labute approximate surface area is 86.8 Å². The van der Waals surface area contributed by atoms with E-state index in [0.29, 0.717) is 5.89 Å². The number of hydrogen-bond acceptors (Lipinski definition) is 2. The fourth-order valence-electron chi connectivity index (χ4n) is 1.67. The quantitative estimate of drug-likeness (QED) is 0.652. The molecule has 0 aliphatic rings. The van der Waals surface area contributed by atoms with Crippen LogP contribution in [-0.4, -0.2) is 9.97 Å². The summed E-state index contributed by atoms with van der Waals surface area (Å²) in [6, 6.07) is 8.16. The summed E-state index contributed by atoms with van der Waals surface area (Å²) in [5, 5.41) is 1.20. The number of aryl methyl sites for hydroxylation is 1. The average molecular weight is 198 g/mol. The van der Waals surface area contributed by atoms with Crippen molar-refractivity contribution in [1.82, 2.24) is 9.97 Å². The third-order valence-electron chi connectivity index (χ3n) is 2.42. The predicted octanol–water partition coefficient (Wildman–Crippen LogP) is 3.13. The fourth-order valence-corrected chi connectivity index (χ4v) is 1.67. The number of benzene rings is 1. The monoisotopic (exact) mass is 198 g/mol. The molecular formula is C12H10N2O. The minimum atomic E-state index is 0.670. The minimum Gasteiger partial charge on any atom is -0.441 e. The number of aromatic amines is 1. The molecule has 0 atom stereocenters. The summed E-state index contributed by atoms with van der Waals surface area (Å²) in [5.74, 6) is 1.50. The molecule has 74 valence electrons. The van der Waals surface area contributed by atoms with E-state index in [2.05, 4.69) is 16.0 Å². The number of fused-ring (bicyclic) bond motifs is 1. The summed E-state index contributed by atoms with van der Waals surface area (Å²) < 4.78 is 5.47. The molecule has 1 aromatic carbocycles. The maximum absolute atomic E-state index is 5.47.